The summed E-state index contributed by atoms with van der Waals surface area (Å²) in [5.41, 5.74) is 2.36. The summed E-state index contributed by atoms with van der Waals surface area (Å²) in [6, 6.07) is 13.3. The number of nitrogens with zero attached hydrogens (tertiary/aromatic N) is 1. The Kier molecular flexibility index (Phi) is 8.92. The van der Waals surface area contributed by atoms with Gasteiger partial charge in [-0.1, -0.05) is 32.4 Å². The second-order valence-electron chi connectivity index (χ2n) is 8.55. The van der Waals surface area contributed by atoms with E-state index in [-0.39, 0.29) is 17.2 Å². The maximum atomic E-state index is 13.0. The summed E-state index contributed by atoms with van der Waals surface area (Å²) in [6.07, 6.45) is 4.02. The Labute approximate surface area is 202 Å². The highest BCUT2D eigenvalue weighted by atomic mass is 32.2. The lowest BCUT2D eigenvalue weighted by Gasteiger charge is -2.20. The number of sulfonamides is 1. The van der Waals surface area contributed by atoms with Crippen LogP contribution in [0.5, 0.6) is 0 Å². The molecule has 9 heteroatoms. The Bertz CT molecular complexity index is 1100. The Hall–Kier alpha value is -3.07. The van der Waals surface area contributed by atoms with Crippen LogP contribution >= 0.6 is 0 Å². The lowest BCUT2D eigenvalue weighted by atomic mass is 10.1. The molecule has 2 aromatic rings. The van der Waals surface area contributed by atoms with Crippen LogP contribution in [0.25, 0.3) is 0 Å². The molecule has 0 aliphatic carbocycles. The fourth-order valence-corrected chi connectivity index (χ4v) is 5.13. The molecule has 0 bridgehead atoms. The minimum atomic E-state index is -3.47. The van der Waals surface area contributed by atoms with Crippen LogP contribution in [0, 0.1) is 0 Å². The molecule has 1 atom stereocenters. The first kappa shape index (κ1) is 25.6. The summed E-state index contributed by atoms with van der Waals surface area (Å²) in [5, 5.41) is 5.73. The lowest BCUT2D eigenvalue weighted by molar-refractivity contribution is -0.118. The monoisotopic (exact) mass is 486 g/mol. The molecule has 1 unspecified atom stereocenters. The fourth-order valence-electron chi connectivity index (χ4n) is 4.01. The topological polar surface area (TPSA) is 108 Å². The molecule has 2 amide bonds. The maximum absolute atomic E-state index is 13.0. The zero-order valence-corrected chi connectivity index (χ0v) is 20.7. The first-order valence-corrected chi connectivity index (χ1v) is 13.5. The second-order valence-corrected chi connectivity index (χ2v) is 10.4. The number of nitrogens with one attached hydrogen (secondary N) is 3. The third-order valence-electron chi connectivity index (χ3n) is 5.66. The zero-order chi connectivity index (χ0) is 24.6. The van der Waals surface area contributed by atoms with Crippen molar-refractivity contribution in [1.82, 2.24) is 5.32 Å². The van der Waals surface area contributed by atoms with E-state index in [4.69, 9.17) is 0 Å². The van der Waals surface area contributed by atoms with Crippen molar-refractivity contribution in [3.8, 4) is 0 Å². The third kappa shape index (κ3) is 7.21. The van der Waals surface area contributed by atoms with Crippen molar-refractivity contribution in [2.75, 3.05) is 33.8 Å². The van der Waals surface area contributed by atoms with E-state index in [1.807, 2.05) is 31.2 Å². The predicted molar refractivity (Wildman–Crippen MR) is 137 cm³/mol. The van der Waals surface area contributed by atoms with E-state index in [0.29, 0.717) is 30.6 Å². The molecular formula is C25H34N4O4S. The van der Waals surface area contributed by atoms with E-state index < -0.39 is 22.0 Å². The van der Waals surface area contributed by atoms with Gasteiger partial charge in [-0.15, -0.1) is 0 Å². The van der Waals surface area contributed by atoms with Crippen molar-refractivity contribution < 1.29 is 18.0 Å². The molecule has 0 radical (unpaired) electrons. The van der Waals surface area contributed by atoms with Crippen LogP contribution < -0.4 is 20.3 Å². The second kappa shape index (κ2) is 11.9. The molecule has 1 saturated heterocycles. The minimum Gasteiger partial charge on any atom is -0.371 e. The van der Waals surface area contributed by atoms with Gasteiger partial charge < -0.3 is 15.5 Å². The number of benzene rings is 2. The van der Waals surface area contributed by atoms with Gasteiger partial charge in [0.1, 0.15) is 6.04 Å². The molecule has 0 spiro atoms. The smallest absolute Gasteiger partial charge is 0.252 e. The van der Waals surface area contributed by atoms with Gasteiger partial charge in [-0.05, 0) is 62.1 Å². The third-order valence-corrected chi connectivity index (χ3v) is 7.15. The van der Waals surface area contributed by atoms with Gasteiger partial charge >= 0.3 is 0 Å². The molecule has 1 aliphatic rings. The van der Waals surface area contributed by atoms with Crippen molar-refractivity contribution in [3.05, 3.63) is 54.1 Å². The number of rotatable bonds is 11. The molecule has 34 heavy (non-hydrogen) atoms. The molecule has 0 aromatic heterocycles. The van der Waals surface area contributed by atoms with Crippen LogP contribution in [0.4, 0.5) is 17.1 Å². The van der Waals surface area contributed by atoms with Crippen molar-refractivity contribution in [3.63, 3.8) is 0 Å². The summed E-state index contributed by atoms with van der Waals surface area (Å²) in [6.45, 7) is 5.76. The average Bonchev–Trinajstić information content (AvgIpc) is 3.34. The Morgan fingerprint density at radius 2 is 1.68 bits per heavy atom. The first-order valence-electron chi connectivity index (χ1n) is 11.9. The van der Waals surface area contributed by atoms with Gasteiger partial charge in [0.25, 0.3) is 5.91 Å². The number of hydrogen-bond acceptors (Lipinski definition) is 5. The molecule has 8 nitrogen and oxygen atoms in total. The van der Waals surface area contributed by atoms with Crippen molar-refractivity contribution in [2.45, 2.75) is 52.0 Å². The Morgan fingerprint density at radius 3 is 2.38 bits per heavy atom. The molecule has 1 heterocycles. The van der Waals surface area contributed by atoms with Crippen LogP contribution in [-0.4, -0.2) is 45.1 Å². The normalized spacial score (nSPS) is 14.5. The summed E-state index contributed by atoms with van der Waals surface area (Å²) in [5.74, 6) is -0.717. The van der Waals surface area contributed by atoms with Gasteiger partial charge in [-0.25, -0.2) is 8.42 Å². The highest BCUT2D eigenvalue weighted by Gasteiger charge is 2.22. The van der Waals surface area contributed by atoms with E-state index in [1.54, 1.807) is 25.1 Å². The number of carbonyl (C=O) groups is 2. The van der Waals surface area contributed by atoms with Gasteiger partial charge in [-0.2, -0.15) is 0 Å². The minimum absolute atomic E-state index is 0.00112. The van der Waals surface area contributed by atoms with Crippen LogP contribution in [-0.2, 0) is 14.8 Å². The van der Waals surface area contributed by atoms with Crippen LogP contribution in [0.15, 0.2) is 48.5 Å². The fraction of sp³-hybridized carbons (Fsp3) is 0.440. The van der Waals surface area contributed by atoms with Crippen molar-refractivity contribution in [2.24, 2.45) is 0 Å². The number of anilines is 3. The van der Waals surface area contributed by atoms with Crippen molar-refractivity contribution in [1.29, 1.82) is 0 Å². The molecule has 1 fully saturated rings. The highest BCUT2D eigenvalue weighted by Crippen LogP contribution is 2.23. The molecule has 184 valence electrons. The standard InChI is InChI=1S/C25H34N4O4S/c1-3-9-23(25(31)26-20-11-8-13-22(18-20)29-14-5-6-15-29)27-24(30)19-10-7-12-21(17-19)28-34(32,33)16-4-2/h7-8,10-13,17-18,23,28H,3-6,9,14-16H2,1-2H3,(H,26,31)(H,27,30). The number of carbonyl (C=O) groups excluding carboxylic acids is 2. The highest BCUT2D eigenvalue weighted by molar-refractivity contribution is 7.92. The number of hydrogen-bond donors (Lipinski definition) is 3. The van der Waals surface area contributed by atoms with Crippen LogP contribution in [0.1, 0.15) is 56.3 Å². The van der Waals surface area contributed by atoms with Gasteiger partial charge in [0, 0.05) is 35.7 Å². The Balaban J connectivity index is 1.67. The van der Waals surface area contributed by atoms with E-state index >= 15 is 0 Å². The summed E-state index contributed by atoms with van der Waals surface area (Å²) >= 11 is 0. The maximum Gasteiger partial charge on any atom is 0.252 e. The molecule has 0 saturated carbocycles. The van der Waals surface area contributed by atoms with E-state index in [9.17, 15) is 18.0 Å². The molecule has 2 aromatic carbocycles. The van der Waals surface area contributed by atoms with Gasteiger partial charge in [0.2, 0.25) is 15.9 Å². The van der Waals surface area contributed by atoms with E-state index in [2.05, 4.69) is 20.3 Å². The van der Waals surface area contributed by atoms with Gasteiger partial charge in [-0.3, -0.25) is 14.3 Å². The molecule has 1 aliphatic heterocycles. The quantitative estimate of drug-likeness (QED) is 0.445. The van der Waals surface area contributed by atoms with E-state index in [0.717, 1.165) is 18.8 Å². The van der Waals surface area contributed by atoms with E-state index in [1.165, 1.54) is 18.9 Å². The summed E-state index contributed by atoms with van der Waals surface area (Å²) in [7, 11) is -3.47. The SMILES string of the molecule is CCCC(NC(=O)c1cccc(NS(=O)(=O)CCC)c1)C(=O)Nc1cccc(N2CCCC2)c1. The molecule has 3 N–H and O–H groups in total. The lowest BCUT2D eigenvalue weighted by Crippen LogP contribution is -2.43. The average molecular weight is 487 g/mol. The molecular weight excluding hydrogens is 452 g/mol. The van der Waals surface area contributed by atoms with Gasteiger partial charge in [0.05, 0.1) is 5.75 Å². The van der Waals surface area contributed by atoms with Crippen LogP contribution in [0.2, 0.25) is 0 Å². The van der Waals surface area contributed by atoms with Gasteiger partial charge in [0.15, 0.2) is 0 Å². The summed E-state index contributed by atoms with van der Waals surface area (Å²) < 4.78 is 26.6. The largest absolute Gasteiger partial charge is 0.371 e. The van der Waals surface area contributed by atoms with Crippen LogP contribution in [0.3, 0.4) is 0 Å². The zero-order valence-electron chi connectivity index (χ0n) is 19.8. The molecule has 3 rings (SSSR count). The summed E-state index contributed by atoms with van der Waals surface area (Å²) in [4.78, 5) is 28.2. The number of amides is 2. The first-order chi connectivity index (χ1) is 16.3. The Morgan fingerprint density at radius 1 is 0.971 bits per heavy atom. The predicted octanol–water partition coefficient (Wildman–Crippen LogP) is 3.98. The van der Waals surface area contributed by atoms with Crippen molar-refractivity contribution >= 4 is 38.9 Å².